The Morgan fingerprint density at radius 2 is 2.06 bits per heavy atom. The van der Waals surface area contributed by atoms with E-state index in [1.54, 1.807) is 29.7 Å². The van der Waals surface area contributed by atoms with Crippen molar-refractivity contribution < 1.29 is 14.3 Å². The fourth-order valence-corrected chi connectivity index (χ4v) is 4.80. The quantitative estimate of drug-likeness (QED) is 0.537. The average Bonchev–Trinajstić information content (AvgIpc) is 3.46. The number of thiazole rings is 1. The summed E-state index contributed by atoms with van der Waals surface area (Å²) in [6, 6.07) is 1.81. The molecule has 0 saturated heterocycles. The molecule has 3 aromatic heterocycles. The molecule has 2 N–H and O–H groups in total. The average molecular weight is 442 g/mol. The standard InChI is InChI=1S/C22H27N5O3S/c1-27-12-15(10-25-27)21-20(14-3-5-16(6-4-14)30-8-7-29-2)17(22(23)28)9-18(26-21)19-11-24-13-31-19/h9-14,16H,3-8H2,1-2H3,(H2,23,28). The summed E-state index contributed by atoms with van der Waals surface area (Å²) >= 11 is 1.48. The highest BCUT2D eigenvalue weighted by Gasteiger charge is 2.30. The second-order valence-electron chi connectivity index (χ2n) is 7.79. The Hall–Kier alpha value is -2.62. The monoisotopic (exact) mass is 441 g/mol. The van der Waals surface area contributed by atoms with E-state index in [0.29, 0.717) is 24.5 Å². The summed E-state index contributed by atoms with van der Waals surface area (Å²) in [4.78, 5) is 22.5. The lowest BCUT2D eigenvalue weighted by atomic mass is 9.79. The molecule has 0 atom stereocenters. The summed E-state index contributed by atoms with van der Waals surface area (Å²) in [5, 5.41) is 4.32. The fraction of sp³-hybridized carbons (Fsp3) is 0.455. The van der Waals surface area contributed by atoms with Gasteiger partial charge in [-0.1, -0.05) is 0 Å². The lowest BCUT2D eigenvalue weighted by Crippen LogP contribution is -2.25. The number of nitrogens with zero attached hydrogens (tertiary/aromatic N) is 4. The molecule has 8 nitrogen and oxygen atoms in total. The van der Waals surface area contributed by atoms with Gasteiger partial charge in [-0.2, -0.15) is 5.10 Å². The van der Waals surface area contributed by atoms with Crippen molar-refractivity contribution in [2.45, 2.75) is 37.7 Å². The molecule has 1 aliphatic rings. The summed E-state index contributed by atoms with van der Waals surface area (Å²) < 4.78 is 12.7. The van der Waals surface area contributed by atoms with E-state index in [0.717, 1.165) is 47.4 Å². The second kappa shape index (κ2) is 9.67. The van der Waals surface area contributed by atoms with Crippen molar-refractivity contribution in [2.75, 3.05) is 20.3 Å². The molecule has 0 radical (unpaired) electrons. The third kappa shape index (κ3) is 4.84. The van der Waals surface area contributed by atoms with E-state index in [4.69, 9.17) is 20.2 Å². The molecule has 1 fully saturated rings. The van der Waals surface area contributed by atoms with Gasteiger partial charge in [-0.3, -0.25) is 14.5 Å². The minimum atomic E-state index is -0.438. The van der Waals surface area contributed by atoms with Gasteiger partial charge in [-0.05, 0) is 43.2 Å². The molecule has 0 spiro atoms. The normalized spacial score (nSPS) is 18.9. The number of carbonyl (C=O) groups is 1. The third-order valence-electron chi connectivity index (χ3n) is 5.71. The van der Waals surface area contributed by atoms with E-state index in [9.17, 15) is 4.79 Å². The molecule has 1 saturated carbocycles. The number of amides is 1. The molecule has 1 amide bonds. The topological polar surface area (TPSA) is 105 Å². The SMILES string of the molecule is COCCOC1CCC(c2c(C(N)=O)cc(-c3cncs3)nc2-c2cnn(C)c2)CC1. The van der Waals surface area contributed by atoms with Gasteiger partial charge in [0.05, 0.1) is 47.3 Å². The molecule has 0 aliphatic heterocycles. The maximum absolute atomic E-state index is 12.5. The minimum absolute atomic E-state index is 0.183. The Bertz CT molecular complexity index is 1030. The van der Waals surface area contributed by atoms with Gasteiger partial charge in [0.1, 0.15) is 0 Å². The zero-order chi connectivity index (χ0) is 21.8. The molecule has 9 heteroatoms. The Balaban J connectivity index is 1.71. The Kier molecular flexibility index (Phi) is 6.74. The van der Waals surface area contributed by atoms with Crippen LogP contribution in [0.1, 0.15) is 47.5 Å². The van der Waals surface area contributed by atoms with Gasteiger partial charge >= 0.3 is 0 Å². The van der Waals surface area contributed by atoms with Gasteiger partial charge in [0.2, 0.25) is 5.91 Å². The zero-order valence-electron chi connectivity index (χ0n) is 17.8. The maximum Gasteiger partial charge on any atom is 0.249 e. The van der Waals surface area contributed by atoms with Crippen LogP contribution >= 0.6 is 11.3 Å². The van der Waals surface area contributed by atoms with Crippen LogP contribution in [0, 0.1) is 0 Å². The first-order valence-corrected chi connectivity index (χ1v) is 11.3. The zero-order valence-corrected chi connectivity index (χ0v) is 18.6. The number of nitrogens with two attached hydrogens (primary N) is 1. The first-order chi connectivity index (χ1) is 15.1. The van der Waals surface area contributed by atoms with Crippen LogP contribution in [0.4, 0.5) is 0 Å². The molecule has 4 rings (SSSR count). The Labute approximate surface area is 185 Å². The number of hydrogen-bond donors (Lipinski definition) is 1. The van der Waals surface area contributed by atoms with Gasteiger partial charge in [-0.15, -0.1) is 11.3 Å². The predicted octanol–water partition coefficient (Wildman–Crippen LogP) is 3.39. The molecule has 3 aromatic rings. The lowest BCUT2D eigenvalue weighted by Gasteiger charge is -2.30. The summed E-state index contributed by atoms with van der Waals surface area (Å²) in [7, 11) is 3.54. The highest BCUT2D eigenvalue weighted by atomic mass is 32.1. The number of methoxy groups -OCH3 is 1. The Morgan fingerprint density at radius 1 is 1.26 bits per heavy atom. The van der Waals surface area contributed by atoms with E-state index >= 15 is 0 Å². The first kappa shape index (κ1) is 21.6. The van der Waals surface area contributed by atoms with Crippen LogP contribution in [0.5, 0.6) is 0 Å². The number of aryl methyl sites for hydroxylation is 1. The van der Waals surface area contributed by atoms with Crippen LogP contribution in [0.25, 0.3) is 21.8 Å². The highest BCUT2D eigenvalue weighted by molar-refractivity contribution is 7.13. The molecule has 0 bridgehead atoms. The van der Waals surface area contributed by atoms with Gasteiger partial charge in [0.15, 0.2) is 0 Å². The number of primary amides is 1. The minimum Gasteiger partial charge on any atom is -0.382 e. The maximum atomic E-state index is 12.5. The first-order valence-electron chi connectivity index (χ1n) is 10.4. The molecule has 0 unspecified atom stereocenters. The summed E-state index contributed by atoms with van der Waals surface area (Å²) in [6.45, 7) is 1.20. The van der Waals surface area contributed by atoms with E-state index in [1.165, 1.54) is 11.3 Å². The highest BCUT2D eigenvalue weighted by Crippen LogP contribution is 2.41. The van der Waals surface area contributed by atoms with Crippen molar-refractivity contribution >= 4 is 17.2 Å². The van der Waals surface area contributed by atoms with Gasteiger partial charge in [0.25, 0.3) is 0 Å². The smallest absolute Gasteiger partial charge is 0.249 e. The largest absolute Gasteiger partial charge is 0.382 e. The van der Waals surface area contributed by atoms with Gasteiger partial charge < -0.3 is 15.2 Å². The summed E-state index contributed by atoms with van der Waals surface area (Å²) in [5.74, 6) is -0.255. The molecule has 3 heterocycles. The van der Waals surface area contributed by atoms with E-state index < -0.39 is 5.91 Å². The van der Waals surface area contributed by atoms with E-state index in [-0.39, 0.29) is 12.0 Å². The van der Waals surface area contributed by atoms with E-state index in [1.807, 2.05) is 19.3 Å². The van der Waals surface area contributed by atoms with Crippen molar-refractivity contribution in [3.05, 3.63) is 41.3 Å². The number of carbonyl (C=O) groups excluding carboxylic acids is 1. The fourth-order valence-electron chi connectivity index (χ4n) is 4.22. The van der Waals surface area contributed by atoms with Crippen molar-refractivity contribution in [2.24, 2.45) is 12.8 Å². The molecule has 164 valence electrons. The molecule has 1 aliphatic carbocycles. The molecule has 31 heavy (non-hydrogen) atoms. The summed E-state index contributed by atoms with van der Waals surface area (Å²) in [5.41, 5.74) is 11.4. The molecular formula is C22H27N5O3S. The van der Waals surface area contributed by atoms with Crippen molar-refractivity contribution in [3.63, 3.8) is 0 Å². The van der Waals surface area contributed by atoms with Crippen molar-refractivity contribution in [1.29, 1.82) is 0 Å². The number of pyridine rings is 1. The molecule has 0 aromatic carbocycles. The van der Waals surface area contributed by atoms with Gasteiger partial charge in [0, 0.05) is 37.7 Å². The predicted molar refractivity (Wildman–Crippen MR) is 119 cm³/mol. The van der Waals surface area contributed by atoms with Crippen LogP contribution in [0.3, 0.4) is 0 Å². The Morgan fingerprint density at radius 3 is 2.68 bits per heavy atom. The number of aromatic nitrogens is 4. The third-order valence-corrected chi connectivity index (χ3v) is 6.51. The van der Waals surface area contributed by atoms with Crippen LogP contribution in [-0.2, 0) is 16.5 Å². The van der Waals surface area contributed by atoms with Crippen LogP contribution < -0.4 is 5.73 Å². The second-order valence-corrected chi connectivity index (χ2v) is 8.67. The van der Waals surface area contributed by atoms with Crippen LogP contribution in [0.15, 0.2) is 30.2 Å². The van der Waals surface area contributed by atoms with Crippen molar-refractivity contribution in [1.82, 2.24) is 19.7 Å². The van der Waals surface area contributed by atoms with Crippen molar-refractivity contribution in [3.8, 4) is 21.8 Å². The number of ether oxygens (including phenoxy) is 2. The van der Waals surface area contributed by atoms with Crippen LogP contribution in [-0.4, -0.2) is 52.1 Å². The summed E-state index contributed by atoms with van der Waals surface area (Å²) in [6.07, 6.45) is 9.35. The number of hydrogen-bond acceptors (Lipinski definition) is 7. The van der Waals surface area contributed by atoms with E-state index in [2.05, 4.69) is 10.1 Å². The van der Waals surface area contributed by atoms with Crippen LogP contribution in [0.2, 0.25) is 0 Å². The lowest BCUT2D eigenvalue weighted by molar-refractivity contribution is -0.00281. The van der Waals surface area contributed by atoms with Gasteiger partial charge in [-0.25, -0.2) is 4.98 Å². The molecular weight excluding hydrogens is 414 g/mol. The number of rotatable bonds is 8.